The number of hydrogen-bond acceptors (Lipinski definition) is 4. The summed E-state index contributed by atoms with van der Waals surface area (Å²) in [6.07, 6.45) is 2.22. The molecule has 6 nitrogen and oxygen atoms in total. The van der Waals surface area contributed by atoms with Gasteiger partial charge in [0.25, 0.3) is 5.69 Å². The number of hydrogen-bond donors (Lipinski definition) is 1. The van der Waals surface area contributed by atoms with Crippen molar-refractivity contribution >= 4 is 23.3 Å². The molecule has 17 heavy (non-hydrogen) atoms. The number of carbonyl (C=O) groups is 1. The van der Waals surface area contributed by atoms with Crippen LogP contribution in [0.3, 0.4) is 0 Å². The van der Waals surface area contributed by atoms with Crippen LogP contribution in [0.1, 0.15) is 0 Å². The Hall–Kier alpha value is -2.08. The lowest BCUT2D eigenvalue weighted by molar-refractivity contribution is -0.384. The van der Waals surface area contributed by atoms with E-state index in [0.29, 0.717) is 0 Å². The molecule has 1 N–H and O–H groups in total. The molecular formula is C10H8ClNO5. The van der Waals surface area contributed by atoms with Gasteiger partial charge in [0.1, 0.15) is 12.4 Å². The van der Waals surface area contributed by atoms with E-state index in [1.807, 2.05) is 0 Å². The van der Waals surface area contributed by atoms with Crippen molar-refractivity contribution in [3.8, 4) is 5.75 Å². The number of benzene rings is 1. The summed E-state index contributed by atoms with van der Waals surface area (Å²) in [5.41, 5.74) is -0.136. The summed E-state index contributed by atoms with van der Waals surface area (Å²) in [6, 6.07) is 3.77. The van der Waals surface area contributed by atoms with Gasteiger partial charge in [-0.1, -0.05) is 11.6 Å². The minimum atomic E-state index is -1.08. The highest BCUT2D eigenvalue weighted by Crippen LogP contribution is 2.28. The van der Waals surface area contributed by atoms with Crippen LogP contribution < -0.4 is 4.74 Å². The Balaban J connectivity index is 2.67. The van der Waals surface area contributed by atoms with Crippen molar-refractivity contribution in [3.63, 3.8) is 0 Å². The number of nitro groups is 1. The van der Waals surface area contributed by atoms with E-state index >= 15 is 0 Å². The first-order valence-corrected chi connectivity index (χ1v) is 4.84. The molecule has 0 amide bonds. The zero-order valence-electron chi connectivity index (χ0n) is 8.50. The Morgan fingerprint density at radius 1 is 1.59 bits per heavy atom. The molecule has 0 unspecified atom stereocenters. The fourth-order valence-corrected chi connectivity index (χ4v) is 1.24. The summed E-state index contributed by atoms with van der Waals surface area (Å²) in [7, 11) is 0. The van der Waals surface area contributed by atoms with Gasteiger partial charge in [-0.05, 0) is 12.1 Å². The smallest absolute Gasteiger partial charge is 0.328 e. The van der Waals surface area contributed by atoms with Crippen molar-refractivity contribution in [1.29, 1.82) is 0 Å². The molecule has 0 bridgehead atoms. The summed E-state index contributed by atoms with van der Waals surface area (Å²) in [5.74, 6) is -0.823. The maximum absolute atomic E-state index is 10.4. The molecule has 0 radical (unpaired) electrons. The average molecular weight is 258 g/mol. The van der Waals surface area contributed by atoms with E-state index in [-0.39, 0.29) is 23.1 Å². The molecule has 1 aromatic carbocycles. The number of carboxylic acids is 1. The highest BCUT2D eigenvalue weighted by Gasteiger charge is 2.09. The van der Waals surface area contributed by atoms with Crippen LogP contribution in [0.2, 0.25) is 5.02 Å². The minimum Gasteiger partial charge on any atom is -0.488 e. The average Bonchev–Trinajstić information content (AvgIpc) is 2.25. The van der Waals surface area contributed by atoms with Gasteiger partial charge in [0.15, 0.2) is 0 Å². The van der Waals surface area contributed by atoms with Gasteiger partial charge in [0.05, 0.1) is 9.95 Å². The number of nitrogens with zero attached hydrogens (tertiary/aromatic N) is 1. The first kappa shape index (κ1) is 13.0. The van der Waals surface area contributed by atoms with Crippen LogP contribution in [0.15, 0.2) is 30.4 Å². The maximum Gasteiger partial charge on any atom is 0.328 e. The number of aliphatic carboxylic acids is 1. The predicted octanol–water partition coefficient (Wildman–Crippen LogP) is 2.27. The Morgan fingerprint density at radius 2 is 2.29 bits per heavy atom. The van der Waals surface area contributed by atoms with Crippen LogP contribution in [-0.4, -0.2) is 22.6 Å². The fraction of sp³-hybridized carbons (Fsp3) is 0.100. The first-order valence-electron chi connectivity index (χ1n) is 4.47. The topological polar surface area (TPSA) is 89.7 Å². The van der Waals surface area contributed by atoms with Crippen LogP contribution >= 0.6 is 11.6 Å². The summed E-state index contributed by atoms with van der Waals surface area (Å²) in [6.45, 7) is 0.0177. The van der Waals surface area contributed by atoms with Gasteiger partial charge in [-0.2, -0.15) is 0 Å². The molecule has 0 fully saturated rings. The monoisotopic (exact) mass is 257 g/mol. The van der Waals surface area contributed by atoms with Crippen LogP contribution in [0.25, 0.3) is 0 Å². The molecule has 1 rings (SSSR count). The van der Waals surface area contributed by atoms with Crippen molar-refractivity contribution < 1.29 is 19.6 Å². The third kappa shape index (κ3) is 4.12. The SMILES string of the molecule is O=C(O)C=CCOc1ccc([N+](=O)[O-])cc1Cl. The lowest BCUT2D eigenvalue weighted by atomic mass is 10.3. The molecular weight excluding hydrogens is 250 g/mol. The van der Waals surface area contributed by atoms with E-state index in [1.54, 1.807) is 0 Å². The van der Waals surface area contributed by atoms with Crippen LogP contribution in [-0.2, 0) is 4.79 Å². The predicted molar refractivity (Wildman–Crippen MR) is 60.4 cm³/mol. The molecule has 0 saturated carbocycles. The van der Waals surface area contributed by atoms with E-state index in [9.17, 15) is 14.9 Å². The Kier molecular flexibility index (Phi) is 4.47. The largest absolute Gasteiger partial charge is 0.488 e. The summed E-state index contributed by atoms with van der Waals surface area (Å²) < 4.78 is 5.12. The molecule has 0 saturated heterocycles. The minimum absolute atomic E-state index is 0.0177. The van der Waals surface area contributed by atoms with Gasteiger partial charge in [-0.3, -0.25) is 10.1 Å². The number of non-ortho nitro benzene ring substituents is 1. The third-order valence-corrected chi connectivity index (χ3v) is 2.02. The summed E-state index contributed by atoms with van der Waals surface area (Å²) in [5, 5.41) is 18.8. The van der Waals surface area contributed by atoms with Gasteiger partial charge in [0, 0.05) is 18.2 Å². The van der Waals surface area contributed by atoms with Gasteiger partial charge in [0.2, 0.25) is 0 Å². The lowest BCUT2D eigenvalue weighted by Crippen LogP contribution is -1.97. The van der Waals surface area contributed by atoms with Crippen LogP contribution in [0.5, 0.6) is 5.75 Å². The summed E-state index contributed by atoms with van der Waals surface area (Å²) in [4.78, 5) is 20.0. The van der Waals surface area contributed by atoms with Crippen molar-refractivity contribution in [2.45, 2.75) is 0 Å². The molecule has 1 aromatic rings. The number of ether oxygens (including phenoxy) is 1. The molecule has 0 heterocycles. The van der Waals surface area contributed by atoms with E-state index < -0.39 is 10.9 Å². The van der Waals surface area contributed by atoms with Crippen molar-refractivity contribution in [2.75, 3.05) is 6.61 Å². The van der Waals surface area contributed by atoms with Gasteiger partial charge in [-0.25, -0.2) is 4.79 Å². The number of halogens is 1. The molecule has 7 heteroatoms. The van der Waals surface area contributed by atoms with Gasteiger partial charge in [-0.15, -0.1) is 0 Å². The zero-order valence-corrected chi connectivity index (χ0v) is 9.26. The second kappa shape index (κ2) is 5.86. The quantitative estimate of drug-likeness (QED) is 0.496. The lowest BCUT2D eigenvalue weighted by Gasteiger charge is -2.04. The fourth-order valence-electron chi connectivity index (χ4n) is 1.01. The second-order valence-corrected chi connectivity index (χ2v) is 3.33. The highest BCUT2D eigenvalue weighted by atomic mass is 35.5. The van der Waals surface area contributed by atoms with E-state index in [2.05, 4.69) is 0 Å². The van der Waals surface area contributed by atoms with Gasteiger partial charge < -0.3 is 9.84 Å². The molecule has 90 valence electrons. The van der Waals surface area contributed by atoms with Crippen LogP contribution in [0, 0.1) is 10.1 Å². The highest BCUT2D eigenvalue weighted by molar-refractivity contribution is 6.32. The zero-order chi connectivity index (χ0) is 12.8. The van der Waals surface area contributed by atoms with Crippen molar-refractivity contribution in [1.82, 2.24) is 0 Å². The van der Waals surface area contributed by atoms with E-state index in [0.717, 1.165) is 12.1 Å². The molecule has 0 aliphatic carbocycles. The molecule has 0 atom stereocenters. The normalized spacial score (nSPS) is 10.4. The third-order valence-electron chi connectivity index (χ3n) is 1.72. The Labute approximate surface area is 101 Å². The number of rotatable bonds is 5. The van der Waals surface area contributed by atoms with Crippen molar-refractivity contribution in [3.05, 3.63) is 45.5 Å². The number of nitro benzene ring substituents is 1. The Morgan fingerprint density at radius 3 is 2.82 bits per heavy atom. The molecule has 0 aliphatic rings. The number of carboxylic acid groups (broad SMARTS) is 1. The second-order valence-electron chi connectivity index (χ2n) is 2.92. The first-order chi connectivity index (χ1) is 8.00. The van der Waals surface area contributed by atoms with E-state index in [1.165, 1.54) is 18.2 Å². The Bertz CT molecular complexity index is 472. The molecule has 0 aromatic heterocycles. The van der Waals surface area contributed by atoms with Crippen LogP contribution in [0.4, 0.5) is 5.69 Å². The standard InChI is InChI=1S/C10H8ClNO5/c11-8-6-7(12(15)16)3-4-9(8)17-5-1-2-10(13)14/h1-4,6H,5H2,(H,13,14). The molecule has 0 spiro atoms. The van der Waals surface area contributed by atoms with Crippen molar-refractivity contribution in [2.24, 2.45) is 0 Å². The molecule has 0 aliphatic heterocycles. The maximum atomic E-state index is 10.4. The van der Waals surface area contributed by atoms with E-state index in [4.69, 9.17) is 21.4 Å². The van der Waals surface area contributed by atoms with Gasteiger partial charge >= 0.3 is 5.97 Å². The summed E-state index contributed by atoms with van der Waals surface area (Å²) >= 11 is 5.75.